The first kappa shape index (κ1) is 16.7. The molecular formula is C17H23ClO2S. The van der Waals surface area contributed by atoms with E-state index in [0.717, 1.165) is 30.0 Å². The molecular weight excluding hydrogens is 304 g/mol. The first-order valence-electron chi connectivity index (χ1n) is 7.43. The smallest absolute Gasteiger partial charge is 0.306 e. The molecule has 2 unspecified atom stereocenters. The van der Waals surface area contributed by atoms with Crippen molar-refractivity contribution in [3.05, 3.63) is 28.8 Å². The van der Waals surface area contributed by atoms with Gasteiger partial charge in [-0.05, 0) is 54.4 Å². The SMILES string of the molecule is CC(C)(C)c1cc(Cl)ccc1SCC1CCC(C(=O)O)C1. The molecule has 0 saturated heterocycles. The van der Waals surface area contributed by atoms with Crippen molar-refractivity contribution < 1.29 is 9.90 Å². The zero-order chi connectivity index (χ0) is 15.6. The van der Waals surface area contributed by atoms with Crippen molar-refractivity contribution in [3.8, 4) is 0 Å². The lowest BCUT2D eigenvalue weighted by Gasteiger charge is -2.23. The molecule has 1 aromatic carbocycles. The second-order valence-corrected chi connectivity index (χ2v) is 8.41. The van der Waals surface area contributed by atoms with Crippen LogP contribution in [0.2, 0.25) is 5.02 Å². The van der Waals surface area contributed by atoms with E-state index in [0.29, 0.717) is 5.92 Å². The highest BCUT2D eigenvalue weighted by Gasteiger charge is 2.30. The molecule has 1 aromatic rings. The molecule has 0 heterocycles. The largest absolute Gasteiger partial charge is 0.481 e. The standard InChI is InChI=1S/C17H23ClO2S/c1-17(2,3)14-9-13(18)6-7-15(14)21-10-11-4-5-12(8-11)16(19)20/h6-7,9,11-12H,4-5,8,10H2,1-3H3,(H,19,20). The Bertz CT molecular complexity index is 522. The summed E-state index contributed by atoms with van der Waals surface area (Å²) >= 11 is 7.97. The van der Waals surface area contributed by atoms with Gasteiger partial charge in [-0.3, -0.25) is 4.79 Å². The first-order chi connectivity index (χ1) is 9.77. The highest BCUT2D eigenvalue weighted by atomic mass is 35.5. The summed E-state index contributed by atoms with van der Waals surface area (Å²) in [6.45, 7) is 6.58. The van der Waals surface area contributed by atoms with E-state index in [9.17, 15) is 4.79 Å². The van der Waals surface area contributed by atoms with Gasteiger partial charge in [0.1, 0.15) is 0 Å². The minimum absolute atomic E-state index is 0.0620. The second-order valence-electron chi connectivity index (χ2n) is 6.92. The lowest BCUT2D eigenvalue weighted by Crippen LogP contribution is -2.13. The van der Waals surface area contributed by atoms with Gasteiger partial charge in [0.2, 0.25) is 0 Å². The predicted molar refractivity (Wildman–Crippen MR) is 89.3 cm³/mol. The summed E-state index contributed by atoms with van der Waals surface area (Å²) < 4.78 is 0. The minimum Gasteiger partial charge on any atom is -0.481 e. The fraction of sp³-hybridized carbons (Fsp3) is 0.588. The fourth-order valence-electron chi connectivity index (χ4n) is 2.87. The quantitative estimate of drug-likeness (QED) is 0.770. The number of carbonyl (C=O) groups is 1. The van der Waals surface area contributed by atoms with Crippen molar-refractivity contribution in [2.45, 2.75) is 50.3 Å². The maximum absolute atomic E-state index is 11.0. The van der Waals surface area contributed by atoms with Crippen LogP contribution in [0.5, 0.6) is 0 Å². The molecule has 2 nitrogen and oxygen atoms in total. The van der Waals surface area contributed by atoms with Crippen LogP contribution in [0.1, 0.15) is 45.6 Å². The Kier molecular flexibility index (Phi) is 5.26. The second kappa shape index (κ2) is 6.62. The summed E-state index contributed by atoms with van der Waals surface area (Å²) in [5.74, 6) is 0.737. The molecule has 1 fully saturated rings. The third-order valence-electron chi connectivity index (χ3n) is 4.11. The van der Waals surface area contributed by atoms with Crippen molar-refractivity contribution in [3.63, 3.8) is 0 Å². The monoisotopic (exact) mass is 326 g/mol. The molecule has 0 aliphatic heterocycles. The molecule has 1 aliphatic rings. The van der Waals surface area contributed by atoms with Gasteiger partial charge in [0.05, 0.1) is 5.92 Å². The van der Waals surface area contributed by atoms with Crippen LogP contribution < -0.4 is 0 Å². The molecule has 4 heteroatoms. The van der Waals surface area contributed by atoms with Crippen LogP contribution in [0.25, 0.3) is 0 Å². The van der Waals surface area contributed by atoms with E-state index >= 15 is 0 Å². The summed E-state index contributed by atoms with van der Waals surface area (Å²) in [4.78, 5) is 12.3. The Balaban J connectivity index is 2.03. The molecule has 2 atom stereocenters. The van der Waals surface area contributed by atoms with Gasteiger partial charge in [0.15, 0.2) is 0 Å². The van der Waals surface area contributed by atoms with Gasteiger partial charge in [0, 0.05) is 15.7 Å². The van der Waals surface area contributed by atoms with Gasteiger partial charge in [-0.2, -0.15) is 0 Å². The number of carboxylic acid groups (broad SMARTS) is 1. The van der Waals surface area contributed by atoms with Crippen LogP contribution in [0.4, 0.5) is 0 Å². The van der Waals surface area contributed by atoms with Gasteiger partial charge in [-0.15, -0.1) is 11.8 Å². The van der Waals surface area contributed by atoms with Crippen molar-refractivity contribution in [2.75, 3.05) is 5.75 Å². The van der Waals surface area contributed by atoms with Gasteiger partial charge >= 0.3 is 5.97 Å². The summed E-state index contributed by atoms with van der Waals surface area (Å²) in [7, 11) is 0. The lowest BCUT2D eigenvalue weighted by atomic mass is 9.87. The third kappa shape index (κ3) is 4.40. The molecule has 1 N–H and O–H groups in total. The molecule has 0 amide bonds. The Hall–Kier alpha value is -0.670. The number of carboxylic acids is 1. The van der Waals surface area contributed by atoms with Gasteiger partial charge in [-0.25, -0.2) is 0 Å². The molecule has 0 aromatic heterocycles. The minimum atomic E-state index is -0.635. The molecule has 0 spiro atoms. The number of rotatable bonds is 4. The van der Waals surface area contributed by atoms with Crippen LogP contribution in [-0.2, 0) is 10.2 Å². The van der Waals surface area contributed by atoms with Gasteiger partial charge < -0.3 is 5.11 Å². The van der Waals surface area contributed by atoms with E-state index in [-0.39, 0.29) is 11.3 Å². The molecule has 1 aliphatic carbocycles. The average Bonchev–Trinajstić information content (AvgIpc) is 2.85. The predicted octanol–water partition coefficient (Wildman–Crippen LogP) is 5.23. The van der Waals surface area contributed by atoms with Crippen LogP contribution in [0, 0.1) is 11.8 Å². The average molecular weight is 327 g/mol. The van der Waals surface area contributed by atoms with Crippen molar-refractivity contribution in [2.24, 2.45) is 11.8 Å². The maximum atomic E-state index is 11.0. The van der Waals surface area contributed by atoms with E-state index < -0.39 is 5.97 Å². The van der Waals surface area contributed by atoms with Crippen molar-refractivity contribution >= 4 is 29.3 Å². The summed E-state index contributed by atoms with van der Waals surface area (Å²) in [6, 6.07) is 6.09. The Labute approximate surface area is 136 Å². The fourth-order valence-corrected chi connectivity index (χ4v) is 4.45. The number of halogens is 1. The summed E-state index contributed by atoms with van der Waals surface area (Å²) in [5.41, 5.74) is 1.33. The topological polar surface area (TPSA) is 37.3 Å². The molecule has 2 rings (SSSR count). The van der Waals surface area contributed by atoms with E-state index in [1.165, 1.54) is 10.5 Å². The normalized spacial score (nSPS) is 22.5. The summed E-state index contributed by atoms with van der Waals surface area (Å²) in [6.07, 6.45) is 2.68. The van der Waals surface area contributed by atoms with Gasteiger partial charge in [0.25, 0.3) is 0 Å². The highest BCUT2D eigenvalue weighted by molar-refractivity contribution is 7.99. The van der Waals surface area contributed by atoms with Crippen LogP contribution in [-0.4, -0.2) is 16.8 Å². The lowest BCUT2D eigenvalue weighted by molar-refractivity contribution is -0.141. The van der Waals surface area contributed by atoms with Crippen LogP contribution in [0.15, 0.2) is 23.1 Å². The molecule has 116 valence electrons. The van der Waals surface area contributed by atoms with Gasteiger partial charge in [-0.1, -0.05) is 32.4 Å². The Morgan fingerprint density at radius 2 is 2.10 bits per heavy atom. The molecule has 1 saturated carbocycles. The van der Waals surface area contributed by atoms with E-state index in [2.05, 4.69) is 32.9 Å². The summed E-state index contributed by atoms with van der Waals surface area (Å²) in [5, 5.41) is 9.85. The Morgan fingerprint density at radius 3 is 2.67 bits per heavy atom. The molecule has 0 radical (unpaired) electrons. The number of hydrogen-bond donors (Lipinski definition) is 1. The zero-order valence-electron chi connectivity index (χ0n) is 12.9. The number of hydrogen-bond acceptors (Lipinski definition) is 2. The van der Waals surface area contributed by atoms with Crippen molar-refractivity contribution in [1.29, 1.82) is 0 Å². The Morgan fingerprint density at radius 1 is 1.38 bits per heavy atom. The number of aliphatic carboxylic acids is 1. The van der Waals surface area contributed by atoms with E-state index in [1.54, 1.807) is 0 Å². The molecule has 0 bridgehead atoms. The van der Waals surface area contributed by atoms with Crippen molar-refractivity contribution in [1.82, 2.24) is 0 Å². The van der Waals surface area contributed by atoms with Crippen LogP contribution >= 0.6 is 23.4 Å². The number of benzene rings is 1. The highest BCUT2D eigenvalue weighted by Crippen LogP contribution is 2.39. The van der Waals surface area contributed by atoms with E-state index in [1.807, 2.05) is 17.8 Å². The maximum Gasteiger partial charge on any atom is 0.306 e. The van der Waals surface area contributed by atoms with E-state index in [4.69, 9.17) is 16.7 Å². The first-order valence-corrected chi connectivity index (χ1v) is 8.79. The zero-order valence-corrected chi connectivity index (χ0v) is 14.4. The molecule has 21 heavy (non-hydrogen) atoms. The number of thioether (sulfide) groups is 1. The third-order valence-corrected chi connectivity index (χ3v) is 5.65. The van der Waals surface area contributed by atoms with Crippen LogP contribution in [0.3, 0.4) is 0 Å².